The fraction of sp³-hybridized carbons (Fsp3) is 0.353. The highest BCUT2D eigenvalue weighted by molar-refractivity contribution is 8.01. The van der Waals surface area contributed by atoms with Gasteiger partial charge in [-0.15, -0.1) is 23.1 Å². The van der Waals surface area contributed by atoms with Gasteiger partial charge in [-0.05, 0) is 42.2 Å². The van der Waals surface area contributed by atoms with Crippen molar-refractivity contribution in [2.75, 3.05) is 0 Å². The molecule has 0 radical (unpaired) electrons. The minimum Gasteiger partial charge on any atom is -0.198 e. The number of nitriles is 1. The van der Waals surface area contributed by atoms with Crippen LogP contribution in [0.4, 0.5) is 0 Å². The lowest BCUT2D eigenvalue weighted by Crippen LogP contribution is -2.25. The van der Waals surface area contributed by atoms with E-state index in [4.69, 9.17) is 0 Å². The van der Waals surface area contributed by atoms with Gasteiger partial charge in [0.1, 0.15) is 0 Å². The van der Waals surface area contributed by atoms with Crippen molar-refractivity contribution < 1.29 is 0 Å². The van der Waals surface area contributed by atoms with E-state index in [2.05, 4.69) is 53.9 Å². The molecule has 0 spiro atoms. The minimum atomic E-state index is 0.196. The molecular weight excluding hydrogens is 282 g/mol. The number of nitrogens with zero attached hydrogens (tertiary/aromatic N) is 1. The molecule has 0 N–H and O–H groups in total. The molecule has 0 bridgehead atoms. The van der Waals surface area contributed by atoms with E-state index in [1.54, 1.807) is 11.3 Å². The van der Waals surface area contributed by atoms with Gasteiger partial charge in [0.15, 0.2) is 0 Å². The molecule has 0 aliphatic heterocycles. The monoisotopic (exact) mass is 299 g/mol. The molecule has 3 unspecified atom stereocenters. The number of hydrogen-bond acceptors (Lipinski definition) is 3. The molecule has 0 amide bonds. The van der Waals surface area contributed by atoms with Gasteiger partial charge in [-0.25, -0.2) is 0 Å². The molecular formula is C17H17NS2. The van der Waals surface area contributed by atoms with Crippen LogP contribution in [-0.2, 0) is 0 Å². The third kappa shape index (κ3) is 3.08. The van der Waals surface area contributed by atoms with Crippen molar-refractivity contribution in [1.82, 2.24) is 0 Å². The van der Waals surface area contributed by atoms with Gasteiger partial charge in [0.05, 0.1) is 16.2 Å². The van der Waals surface area contributed by atoms with Crippen molar-refractivity contribution >= 4 is 23.1 Å². The first-order valence-electron chi connectivity index (χ1n) is 7.01. The second-order valence-corrected chi connectivity index (χ2v) is 7.73. The van der Waals surface area contributed by atoms with Crippen LogP contribution in [0.5, 0.6) is 0 Å². The first-order valence-corrected chi connectivity index (χ1v) is 8.77. The van der Waals surface area contributed by atoms with Gasteiger partial charge in [-0.2, -0.15) is 5.26 Å². The molecule has 1 aliphatic rings. The fourth-order valence-corrected chi connectivity index (χ4v) is 5.27. The molecule has 1 aromatic carbocycles. The van der Waals surface area contributed by atoms with Gasteiger partial charge in [-0.1, -0.05) is 36.4 Å². The van der Waals surface area contributed by atoms with E-state index in [1.807, 2.05) is 11.8 Å². The summed E-state index contributed by atoms with van der Waals surface area (Å²) in [5.74, 6) is 0.806. The standard InChI is InChI=1S/C17H17NS2/c18-12-15-9-8-14(13-5-2-1-3-6-13)11-16(15)20-17-7-4-10-19-17/h1-7,10,14-16H,8-9,11H2. The summed E-state index contributed by atoms with van der Waals surface area (Å²) in [6.45, 7) is 0. The van der Waals surface area contributed by atoms with Crippen LogP contribution in [0.15, 0.2) is 52.1 Å². The molecule has 3 heteroatoms. The van der Waals surface area contributed by atoms with E-state index in [0.717, 1.165) is 19.3 Å². The van der Waals surface area contributed by atoms with Crippen LogP contribution < -0.4 is 0 Å². The van der Waals surface area contributed by atoms with Crippen molar-refractivity contribution in [1.29, 1.82) is 5.26 Å². The quantitative estimate of drug-likeness (QED) is 0.766. The van der Waals surface area contributed by atoms with Gasteiger partial charge in [0.25, 0.3) is 0 Å². The first-order chi connectivity index (χ1) is 9.86. The zero-order valence-electron chi connectivity index (χ0n) is 11.2. The summed E-state index contributed by atoms with van der Waals surface area (Å²) in [5, 5.41) is 11.9. The van der Waals surface area contributed by atoms with Crippen molar-refractivity contribution in [2.45, 2.75) is 34.6 Å². The first kappa shape index (κ1) is 13.7. The Morgan fingerprint density at radius 3 is 2.65 bits per heavy atom. The Morgan fingerprint density at radius 2 is 1.95 bits per heavy atom. The Morgan fingerprint density at radius 1 is 1.10 bits per heavy atom. The van der Waals surface area contributed by atoms with Gasteiger partial charge in [0, 0.05) is 5.25 Å². The van der Waals surface area contributed by atoms with Crippen LogP contribution in [0.25, 0.3) is 0 Å². The number of thioether (sulfide) groups is 1. The number of rotatable bonds is 3. The van der Waals surface area contributed by atoms with Crippen LogP contribution in [0, 0.1) is 17.2 Å². The average molecular weight is 299 g/mol. The summed E-state index contributed by atoms with van der Waals surface area (Å²) < 4.78 is 1.34. The van der Waals surface area contributed by atoms with Crippen LogP contribution in [0.1, 0.15) is 30.7 Å². The lowest BCUT2D eigenvalue weighted by molar-refractivity contribution is 0.393. The molecule has 102 valence electrons. The van der Waals surface area contributed by atoms with Crippen molar-refractivity contribution in [2.24, 2.45) is 5.92 Å². The summed E-state index contributed by atoms with van der Waals surface area (Å²) >= 11 is 3.68. The van der Waals surface area contributed by atoms with Crippen LogP contribution in [0.3, 0.4) is 0 Å². The van der Waals surface area contributed by atoms with Crippen molar-refractivity contribution in [3.63, 3.8) is 0 Å². The maximum absolute atomic E-state index is 9.39. The summed E-state index contributed by atoms with van der Waals surface area (Å²) in [6, 6.07) is 17.5. The third-order valence-electron chi connectivity index (χ3n) is 3.99. The summed E-state index contributed by atoms with van der Waals surface area (Å²) in [4.78, 5) is 0. The van der Waals surface area contributed by atoms with Gasteiger partial charge >= 0.3 is 0 Å². The predicted molar refractivity (Wildman–Crippen MR) is 86.1 cm³/mol. The lowest BCUT2D eigenvalue weighted by atomic mass is 9.79. The highest BCUT2D eigenvalue weighted by Gasteiger charge is 2.32. The molecule has 1 saturated carbocycles. The molecule has 1 aromatic heterocycles. The molecule has 1 aliphatic carbocycles. The van der Waals surface area contributed by atoms with Gasteiger partial charge in [-0.3, -0.25) is 0 Å². The molecule has 2 aromatic rings. The maximum Gasteiger partial charge on any atom is 0.0667 e. The summed E-state index contributed by atoms with van der Waals surface area (Å²) in [5.41, 5.74) is 1.43. The molecule has 3 atom stereocenters. The number of thiophene rings is 1. The minimum absolute atomic E-state index is 0.196. The van der Waals surface area contributed by atoms with Gasteiger partial charge in [0.2, 0.25) is 0 Å². The molecule has 0 saturated heterocycles. The Bertz CT molecular complexity index is 571. The SMILES string of the molecule is N#CC1CCC(c2ccccc2)CC1Sc1cccs1. The van der Waals surface area contributed by atoms with Crippen molar-refractivity contribution in [3.8, 4) is 6.07 Å². The zero-order valence-corrected chi connectivity index (χ0v) is 12.9. The van der Waals surface area contributed by atoms with Gasteiger partial charge < -0.3 is 0 Å². The van der Waals surface area contributed by atoms with Crippen LogP contribution >= 0.6 is 23.1 Å². The number of hydrogen-bond donors (Lipinski definition) is 0. The van der Waals surface area contributed by atoms with E-state index in [-0.39, 0.29) is 5.92 Å². The third-order valence-corrected chi connectivity index (χ3v) is 6.42. The highest BCUT2D eigenvalue weighted by atomic mass is 32.2. The lowest BCUT2D eigenvalue weighted by Gasteiger charge is -2.32. The number of benzene rings is 1. The molecule has 3 rings (SSSR count). The average Bonchev–Trinajstić information content (AvgIpc) is 3.01. The topological polar surface area (TPSA) is 23.8 Å². The Kier molecular flexibility index (Phi) is 4.44. The summed E-state index contributed by atoms with van der Waals surface area (Å²) in [6.07, 6.45) is 3.29. The predicted octanol–water partition coefficient (Wildman–Crippen LogP) is 5.32. The Labute approximate surface area is 128 Å². The molecule has 20 heavy (non-hydrogen) atoms. The van der Waals surface area contributed by atoms with E-state index in [1.165, 1.54) is 9.77 Å². The smallest absolute Gasteiger partial charge is 0.0667 e. The van der Waals surface area contributed by atoms with Crippen LogP contribution in [0.2, 0.25) is 0 Å². The second-order valence-electron chi connectivity index (χ2n) is 5.24. The second kappa shape index (κ2) is 6.47. The van der Waals surface area contributed by atoms with Crippen LogP contribution in [-0.4, -0.2) is 5.25 Å². The maximum atomic E-state index is 9.39. The van der Waals surface area contributed by atoms with Crippen molar-refractivity contribution in [3.05, 3.63) is 53.4 Å². The fourth-order valence-electron chi connectivity index (χ4n) is 2.91. The highest BCUT2D eigenvalue weighted by Crippen LogP contribution is 2.44. The van der Waals surface area contributed by atoms with E-state index in [0.29, 0.717) is 11.2 Å². The molecule has 1 nitrogen and oxygen atoms in total. The molecule has 1 heterocycles. The van der Waals surface area contributed by atoms with E-state index >= 15 is 0 Å². The molecule has 1 fully saturated rings. The largest absolute Gasteiger partial charge is 0.198 e. The normalized spacial score (nSPS) is 26.1. The summed E-state index contributed by atoms with van der Waals surface area (Å²) in [7, 11) is 0. The zero-order chi connectivity index (χ0) is 13.8. The Hall–Kier alpha value is -1.24. The Balaban J connectivity index is 1.74. The van der Waals surface area contributed by atoms with E-state index in [9.17, 15) is 5.26 Å². The van der Waals surface area contributed by atoms with E-state index < -0.39 is 0 Å².